The van der Waals surface area contributed by atoms with Crippen LogP contribution in [-0.2, 0) is 22.9 Å². The molecule has 0 saturated carbocycles. The van der Waals surface area contributed by atoms with E-state index in [1.807, 2.05) is 25.2 Å². The second kappa shape index (κ2) is 7.68. The van der Waals surface area contributed by atoms with Crippen LogP contribution in [0, 0.1) is 5.92 Å². The Kier molecular flexibility index (Phi) is 5.25. The quantitative estimate of drug-likeness (QED) is 0.862. The fraction of sp³-hybridized carbons (Fsp3) is 0.545. The third-order valence-electron chi connectivity index (χ3n) is 6.43. The molecule has 4 unspecified atom stereocenters. The van der Waals surface area contributed by atoms with E-state index in [1.54, 1.807) is 10.9 Å². The molecule has 2 fully saturated rings. The molecule has 2 saturated heterocycles. The molecule has 28 heavy (non-hydrogen) atoms. The van der Waals surface area contributed by atoms with Crippen LogP contribution in [0.3, 0.4) is 0 Å². The van der Waals surface area contributed by atoms with Gasteiger partial charge in [0.15, 0.2) is 0 Å². The third-order valence-corrected chi connectivity index (χ3v) is 6.43. The maximum atomic E-state index is 12.8. The second-order valence-electron chi connectivity index (χ2n) is 8.15. The van der Waals surface area contributed by atoms with Gasteiger partial charge in [-0.05, 0) is 25.3 Å². The standard InChI is InChI=1S/C22H29N3O3/c1-15-16(2)27-14-22(15)10-9-18(28-22)12-23-21(26)19-13-24-25(3)20(19)11-17-7-5-4-6-8-17/h4-8,13,15-16,18H,9-12,14H2,1-3H3,(H,23,26). The van der Waals surface area contributed by atoms with Gasteiger partial charge in [-0.3, -0.25) is 9.48 Å². The van der Waals surface area contributed by atoms with E-state index in [2.05, 4.69) is 36.4 Å². The third kappa shape index (κ3) is 3.59. The first-order chi connectivity index (χ1) is 13.5. The van der Waals surface area contributed by atoms with Gasteiger partial charge in [0.05, 0.1) is 41.9 Å². The van der Waals surface area contributed by atoms with Crippen molar-refractivity contribution in [3.8, 4) is 0 Å². The number of aryl methyl sites for hydroxylation is 1. The zero-order valence-corrected chi connectivity index (χ0v) is 16.9. The molecule has 0 aliphatic carbocycles. The van der Waals surface area contributed by atoms with E-state index in [0.717, 1.165) is 24.1 Å². The summed E-state index contributed by atoms with van der Waals surface area (Å²) in [5, 5.41) is 7.35. The van der Waals surface area contributed by atoms with E-state index >= 15 is 0 Å². The van der Waals surface area contributed by atoms with Gasteiger partial charge in [0, 0.05) is 25.9 Å². The minimum absolute atomic E-state index is 0.0366. The summed E-state index contributed by atoms with van der Waals surface area (Å²) in [5.74, 6) is 0.289. The zero-order valence-electron chi connectivity index (χ0n) is 16.9. The predicted octanol–water partition coefficient (Wildman–Crippen LogP) is 2.71. The number of aromatic nitrogens is 2. The van der Waals surface area contributed by atoms with Crippen LogP contribution >= 0.6 is 0 Å². The molecule has 0 bridgehead atoms. The van der Waals surface area contributed by atoms with E-state index in [4.69, 9.17) is 9.47 Å². The Bertz CT molecular complexity index is 835. The highest BCUT2D eigenvalue weighted by Crippen LogP contribution is 2.43. The van der Waals surface area contributed by atoms with Crippen LogP contribution in [0.25, 0.3) is 0 Å². The molecule has 2 aliphatic rings. The number of nitrogens with zero attached hydrogens (tertiary/aromatic N) is 2. The van der Waals surface area contributed by atoms with Crippen LogP contribution in [0.15, 0.2) is 36.5 Å². The van der Waals surface area contributed by atoms with Crippen molar-refractivity contribution in [1.82, 2.24) is 15.1 Å². The molecule has 150 valence electrons. The molecule has 4 atom stereocenters. The Labute approximate surface area is 166 Å². The van der Waals surface area contributed by atoms with Gasteiger partial charge in [-0.25, -0.2) is 0 Å². The Balaban J connectivity index is 1.38. The first-order valence-corrected chi connectivity index (χ1v) is 10.1. The molecule has 1 amide bonds. The van der Waals surface area contributed by atoms with Crippen molar-refractivity contribution in [2.75, 3.05) is 13.2 Å². The Morgan fingerprint density at radius 1 is 1.32 bits per heavy atom. The molecule has 3 heterocycles. The van der Waals surface area contributed by atoms with Gasteiger partial charge < -0.3 is 14.8 Å². The summed E-state index contributed by atoms with van der Waals surface area (Å²) in [5.41, 5.74) is 2.52. The lowest BCUT2D eigenvalue weighted by Crippen LogP contribution is -2.39. The number of hydrogen-bond donors (Lipinski definition) is 1. The van der Waals surface area contributed by atoms with Gasteiger partial charge >= 0.3 is 0 Å². The topological polar surface area (TPSA) is 65.4 Å². The van der Waals surface area contributed by atoms with E-state index in [9.17, 15) is 4.79 Å². The van der Waals surface area contributed by atoms with Crippen molar-refractivity contribution in [2.24, 2.45) is 13.0 Å². The average molecular weight is 383 g/mol. The van der Waals surface area contributed by atoms with Crippen molar-refractivity contribution < 1.29 is 14.3 Å². The lowest BCUT2D eigenvalue weighted by atomic mass is 9.86. The summed E-state index contributed by atoms with van der Waals surface area (Å²) in [6, 6.07) is 10.1. The Morgan fingerprint density at radius 3 is 2.82 bits per heavy atom. The molecular weight excluding hydrogens is 354 g/mol. The molecule has 6 heteroatoms. The maximum absolute atomic E-state index is 12.8. The molecule has 2 aliphatic heterocycles. The van der Waals surface area contributed by atoms with Crippen molar-refractivity contribution in [3.05, 3.63) is 53.3 Å². The number of amides is 1. The van der Waals surface area contributed by atoms with Gasteiger partial charge in [-0.1, -0.05) is 37.3 Å². The van der Waals surface area contributed by atoms with Crippen LogP contribution in [0.1, 0.15) is 48.3 Å². The van der Waals surface area contributed by atoms with Crippen molar-refractivity contribution in [2.45, 2.75) is 50.9 Å². The van der Waals surface area contributed by atoms with Crippen LogP contribution in [0.4, 0.5) is 0 Å². The van der Waals surface area contributed by atoms with Crippen LogP contribution < -0.4 is 5.32 Å². The van der Waals surface area contributed by atoms with Crippen molar-refractivity contribution >= 4 is 5.91 Å². The van der Waals surface area contributed by atoms with Crippen LogP contribution in [0.5, 0.6) is 0 Å². The summed E-state index contributed by atoms with van der Waals surface area (Å²) in [6.45, 7) is 5.48. The average Bonchev–Trinajstić information content (AvgIpc) is 3.36. The molecule has 1 N–H and O–H groups in total. The Morgan fingerprint density at radius 2 is 2.11 bits per heavy atom. The number of benzene rings is 1. The molecule has 6 nitrogen and oxygen atoms in total. The zero-order chi connectivity index (χ0) is 19.7. The molecular formula is C22H29N3O3. The molecule has 4 rings (SSSR count). The number of carbonyl (C=O) groups is 1. The lowest BCUT2D eigenvalue weighted by molar-refractivity contribution is -0.0604. The summed E-state index contributed by atoms with van der Waals surface area (Å²) in [6.07, 6.45) is 4.53. The highest BCUT2D eigenvalue weighted by atomic mass is 16.6. The minimum atomic E-state index is -0.179. The smallest absolute Gasteiger partial charge is 0.254 e. The molecule has 0 radical (unpaired) electrons. The highest BCUT2D eigenvalue weighted by molar-refractivity contribution is 5.95. The summed E-state index contributed by atoms with van der Waals surface area (Å²) in [4.78, 5) is 12.8. The summed E-state index contributed by atoms with van der Waals surface area (Å²) < 4.78 is 13.9. The normalized spacial score (nSPS) is 29.5. The number of hydrogen-bond acceptors (Lipinski definition) is 4. The minimum Gasteiger partial charge on any atom is -0.375 e. The molecule has 1 aromatic carbocycles. The lowest BCUT2D eigenvalue weighted by Gasteiger charge is -2.28. The first kappa shape index (κ1) is 19.2. The van der Waals surface area contributed by atoms with E-state index in [-0.39, 0.29) is 23.7 Å². The fourth-order valence-electron chi connectivity index (χ4n) is 4.37. The van der Waals surface area contributed by atoms with Crippen molar-refractivity contribution in [3.63, 3.8) is 0 Å². The second-order valence-corrected chi connectivity index (χ2v) is 8.15. The van der Waals surface area contributed by atoms with Crippen LogP contribution in [-0.4, -0.2) is 46.6 Å². The van der Waals surface area contributed by atoms with E-state index in [0.29, 0.717) is 31.1 Å². The number of rotatable bonds is 5. The van der Waals surface area contributed by atoms with Crippen molar-refractivity contribution in [1.29, 1.82) is 0 Å². The van der Waals surface area contributed by atoms with Gasteiger partial charge in [-0.2, -0.15) is 5.10 Å². The van der Waals surface area contributed by atoms with E-state index in [1.165, 1.54) is 0 Å². The van der Waals surface area contributed by atoms with E-state index < -0.39 is 0 Å². The predicted molar refractivity (Wildman–Crippen MR) is 106 cm³/mol. The summed E-state index contributed by atoms with van der Waals surface area (Å²) in [7, 11) is 1.88. The monoisotopic (exact) mass is 383 g/mol. The summed E-state index contributed by atoms with van der Waals surface area (Å²) >= 11 is 0. The largest absolute Gasteiger partial charge is 0.375 e. The number of carbonyl (C=O) groups excluding carboxylic acids is 1. The fourth-order valence-corrected chi connectivity index (χ4v) is 4.37. The molecule has 2 aromatic rings. The Hall–Kier alpha value is -2.18. The van der Waals surface area contributed by atoms with Gasteiger partial charge in [0.2, 0.25) is 0 Å². The van der Waals surface area contributed by atoms with Gasteiger partial charge in [-0.15, -0.1) is 0 Å². The van der Waals surface area contributed by atoms with Crippen LogP contribution in [0.2, 0.25) is 0 Å². The maximum Gasteiger partial charge on any atom is 0.254 e. The SMILES string of the molecule is CC1OCC2(CCC(CNC(=O)c3cnn(C)c3Cc3ccccc3)O2)C1C. The number of nitrogens with one attached hydrogen (secondary N) is 1. The van der Waals surface area contributed by atoms with Gasteiger partial charge in [0.1, 0.15) is 0 Å². The highest BCUT2D eigenvalue weighted by Gasteiger charge is 2.51. The molecule has 1 aromatic heterocycles. The molecule has 1 spiro atoms. The first-order valence-electron chi connectivity index (χ1n) is 10.1. The number of ether oxygens (including phenoxy) is 2. The van der Waals surface area contributed by atoms with Gasteiger partial charge in [0.25, 0.3) is 5.91 Å².